The Bertz CT molecular complexity index is 201. The van der Waals surface area contributed by atoms with E-state index in [0.29, 0.717) is 6.04 Å². The third kappa shape index (κ3) is 5.07. The van der Waals surface area contributed by atoms with E-state index in [1.165, 1.54) is 44.1 Å². The van der Waals surface area contributed by atoms with E-state index in [0.717, 1.165) is 11.0 Å². The molecule has 1 nitrogen and oxygen atoms in total. The van der Waals surface area contributed by atoms with Crippen molar-refractivity contribution in [1.29, 1.82) is 0 Å². The zero-order valence-corrected chi connectivity index (χ0v) is 11.0. The summed E-state index contributed by atoms with van der Waals surface area (Å²) < 4.78 is 0. The third-order valence-corrected chi connectivity index (χ3v) is 4.64. The molecule has 2 heteroatoms. The maximum absolute atomic E-state index is 6.23. The largest absolute Gasteiger partial charge is 0.324 e. The lowest BCUT2D eigenvalue weighted by Gasteiger charge is -2.17. The minimum Gasteiger partial charge on any atom is -0.324 e. The molecule has 2 N–H and O–H groups in total. The van der Waals surface area contributed by atoms with Gasteiger partial charge >= 0.3 is 0 Å². The maximum atomic E-state index is 6.23. The molecule has 0 amide bonds. The smallest absolute Gasteiger partial charge is 0.0345 e. The van der Waals surface area contributed by atoms with Crippen LogP contribution in [0.4, 0.5) is 0 Å². The van der Waals surface area contributed by atoms with Gasteiger partial charge in [0.2, 0.25) is 0 Å². The minimum atomic E-state index is 0.307. The Morgan fingerprint density at radius 3 is 2.93 bits per heavy atom. The van der Waals surface area contributed by atoms with Crippen LogP contribution < -0.4 is 5.73 Å². The highest BCUT2D eigenvalue weighted by Gasteiger charge is 2.12. The van der Waals surface area contributed by atoms with Crippen molar-refractivity contribution in [2.75, 3.05) is 5.75 Å². The SMILES string of the molecule is CCC(C)SCC(N)C1=CCCCCC1. The Balaban J connectivity index is 2.31. The normalized spacial score (nSPS) is 21.7. The zero-order valence-electron chi connectivity index (χ0n) is 10.2. The Hall–Kier alpha value is 0.0500. The number of hydrogen-bond acceptors (Lipinski definition) is 2. The average molecular weight is 227 g/mol. The summed E-state index contributed by atoms with van der Waals surface area (Å²) in [6, 6.07) is 0.307. The Morgan fingerprint density at radius 2 is 2.20 bits per heavy atom. The van der Waals surface area contributed by atoms with Gasteiger partial charge in [-0.25, -0.2) is 0 Å². The van der Waals surface area contributed by atoms with Crippen molar-refractivity contribution in [3.8, 4) is 0 Å². The van der Waals surface area contributed by atoms with Gasteiger partial charge in [-0.2, -0.15) is 11.8 Å². The summed E-state index contributed by atoms with van der Waals surface area (Å²) in [5, 5.41) is 0.752. The van der Waals surface area contributed by atoms with Crippen molar-refractivity contribution in [2.45, 2.75) is 63.7 Å². The van der Waals surface area contributed by atoms with Crippen LogP contribution in [0.15, 0.2) is 11.6 Å². The highest BCUT2D eigenvalue weighted by atomic mass is 32.2. The lowest BCUT2D eigenvalue weighted by Crippen LogP contribution is -2.26. The standard InChI is InChI=1S/C13H25NS/c1-3-11(2)15-10-13(14)12-8-6-4-5-7-9-12/h8,11,13H,3-7,9-10,14H2,1-2H3. The van der Waals surface area contributed by atoms with E-state index in [1.807, 2.05) is 11.8 Å². The van der Waals surface area contributed by atoms with E-state index in [9.17, 15) is 0 Å². The number of rotatable bonds is 5. The fraction of sp³-hybridized carbons (Fsp3) is 0.846. The number of nitrogens with two attached hydrogens (primary N) is 1. The second-order valence-electron chi connectivity index (χ2n) is 4.54. The first kappa shape index (κ1) is 13.1. The van der Waals surface area contributed by atoms with Crippen LogP contribution in [0.2, 0.25) is 0 Å². The van der Waals surface area contributed by atoms with Crippen molar-refractivity contribution >= 4 is 11.8 Å². The van der Waals surface area contributed by atoms with Gasteiger partial charge in [-0.15, -0.1) is 0 Å². The van der Waals surface area contributed by atoms with Gasteiger partial charge < -0.3 is 5.73 Å². The zero-order chi connectivity index (χ0) is 11.1. The van der Waals surface area contributed by atoms with Crippen molar-refractivity contribution in [3.63, 3.8) is 0 Å². The average Bonchev–Trinajstić information content (AvgIpc) is 2.53. The topological polar surface area (TPSA) is 26.0 Å². The molecule has 0 radical (unpaired) electrons. The van der Waals surface area contributed by atoms with Crippen molar-refractivity contribution in [2.24, 2.45) is 5.73 Å². The molecule has 2 atom stereocenters. The number of hydrogen-bond donors (Lipinski definition) is 1. The Kier molecular flexibility index (Phi) is 6.42. The van der Waals surface area contributed by atoms with Gasteiger partial charge in [0.1, 0.15) is 0 Å². The first-order chi connectivity index (χ1) is 7.24. The molecule has 1 rings (SSSR count). The third-order valence-electron chi connectivity index (χ3n) is 3.19. The molecule has 0 aromatic heterocycles. The molecule has 0 aromatic rings. The van der Waals surface area contributed by atoms with Gasteiger partial charge in [0.25, 0.3) is 0 Å². The summed E-state index contributed by atoms with van der Waals surface area (Å²) in [4.78, 5) is 0. The first-order valence-electron chi connectivity index (χ1n) is 6.30. The van der Waals surface area contributed by atoms with E-state index in [2.05, 4.69) is 19.9 Å². The predicted octanol–water partition coefficient (Wildman–Crippen LogP) is 3.74. The first-order valence-corrected chi connectivity index (χ1v) is 7.35. The molecular weight excluding hydrogens is 202 g/mol. The molecule has 0 aliphatic heterocycles. The second-order valence-corrected chi connectivity index (χ2v) is 6.01. The molecule has 0 aromatic carbocycles. The summed E-state index contributed by atoms with van der Waals surface area (Å²) in [7, 11) is 0. The highest BCUT2D eigenvalue weighted by Crippen LogP contribution is 2.22. The van der Waals surface area contributed by atoms with Crippen LogP contribution in [-0.2, 0) is 0 Å². The molecule has 15 heavy (non-hydrogen) atoms. The van der Waals surface area contributed by atoms with Crippen LogP contribution in [-0.4, -0.2) is 17.0 Å². The van der Waals surface area contributed by atoms with Gasteiger partial charge in [-0.05, 0) is 32.1 Å². The predicted molar refractivity (Wildman–Crippen MR) is 71.4 cm³/mol. The monoisotopic (exact) mass is 227 g/mol. The van der Waals surface area contributed by atoms with E-state index < -0.39 is 0 Å². The molecule has 0 saturated carbocycles. The van der Waals surface area contributed by atoms with E-state index in [1.54, 1.807) is 0 Å². The van der Waals surface area contributed by atoms with E-state index in [4.69, 9.17) is 5.73 Å². The summed E-state index contributed by atoms with van der Waals surface area (Å²) >= 11 is 2.02. The second kappa shape index (κ2) is 7.34. The molecule has 2 unspecified atom stereocenters. The van der Waals surface area contributed by atoms with Gasteiger partial charge in [0, 0.05) is 17.0 Å². The lowest BCUT2D eigenvalue weighted by molar-refractivity contribution is 0.692. The minimum absolute atomic E-state index is 0.307. The maximum Gasteiger partial charge on any atom is 0.0345 e. The fourth-order valence-corrected chi connectivity index (χ4v) is 2.85. The van der Waals surface area contributed by atoms with Gasteiger partial charge in [0.15, 0.2) is 0 Å². The summed E-state index contributed by atoms with van der Waals surface area (Å²) in [5.74, 6) is 1.10. The quantitative estimate of drug-likeness (QED) is 0.724. The molecule has 0 fully saturated rings. The molecule has 1 aliphatic rings. The van der Waals surface area contributed by atoms with Crippen LogP contribution in [0.5, 0.6) is 0 Å². The van der Waals surface area contributed by atoms with Crippen molar-refractivity contribution in [3.05, 3.63) is 11.6 Å². The lowest BCUT2D eigenvalue weighted by atomic mass is 10.0. The van der Waals surface area contributed by atoms with Crippen LogP contribution in [0, 0.1) is 0 Å². The van der Waals surface area contributed by atoms with Crippen LogP contribution in [0.25, 0.3) is 0 Å². The fourth-order valence-electron chi connectivity index (χ4n) is 1.87. The van der Waals surface area contributed by atoms with Gasteiger partial charge in [-0.3, -0.25) is 0 Å². The Morgan fingerprint density at radius 1 is 1.40 bits per heavy atom. The molecule has 0 bridgehead atoms. The molecule has 0 heterocycles. The van der Waals surface area contributed by atoms with Crippen LogP contribution >= 0.6 is 11.8 Å². The summed E-state index contributed by atoms with van der Waals surface area (Å²) in [5.41, 5.74) is 7.75. The number of thioether (sulfide) groups is 1. The van der Waals surface area contributed by atoms with Crippen molar-refractivity contribution < 1.29 is 0 Å². The summed E-state index contributed by atoms with van der Waals surface area (Å²) in [6.45, 7) is 4.53. The molecule has 88 valence electrons. The molecule has 0 saturated heterocycles. The molecular formula is C13H25NS. The summed E-state index contributed by atoms with van der Waals surface area (Å²) in [6.07, 6.45) is 10.2. The van der Waals surface area contributed by atoms with E-state index in [-0.39, 0.29) is 0 Å². The highest BCUT2D eigenvalue weighted by molar-refractivity contribution is 7.99. The Labute approximate surface area is 98.9 Å². The van der Waals surface area contributed by atoms with E-state index >= 15 is 0 Å². The van der Waals surface area contributed by atoms with Crippen LogP contribution in [0.3, 0.4) is 0 Å². The van der Waals surface area contributed by atoms with Crippen LogP contribution in [0.1, 0.15) is 52.4 Å². The van der Waals surface area contributed by atoms with Gasteiger partial charge in [-0.1, -0.05) is 31.9 Å². The number of allylic oxidation sites excluding steroid dienone is 1. The van der Waals surface area contributed by atoms with Crippen molar-refractivity contribution in [1.82, 2.24) is 0 Å². The molecule has 1 aliphatic carbocycles. The van der Waals surface area contributed by atoms with Gasteiger partial charge in [0.05, 0.1) is 0 Å². The molecule has 0 spiro atoms.